The molecule has 0 aliphatic heterocycles. The van der Waals surface area contributed by atoms with Gasteiger partial charge in [-0.1, -0.05) is 0 Å². The Hall–Kier alpha value is -0.311. The van der Waals surface area contributed by atoms with E-state index in [1.165, 1.54) is 15.3 Å². The Morgan fingerprint density at radius 1 is 1.43 bits per heavy atom. The van der Waals surface area contributed by atoms with Crippen molar-refractivity contribution in [2.45, 2.75) is 6.92 Å². The van der Waals surface area contributed by atoms with Crippen molar-refractivity contribution < 1.29 is 8.30 Å². The maximum atomic E-state index is 5.28. The number of benzene rings is 1. The molecule has 2 nitrogen and oxygen atoms in total. The monoisotopic (exact) mass is 320 g/mol. The summed E-state index contributed by atoms with van der Waals surface area (Å²) in [4.78, 5) is 0. The quantitative estimate of drug-likeness (QED) is 0.731. The molecule has 4 heteroatoms. The third-order valence-electron chi connectivity index (χ3n) is 2.35. The number of halogens is 1. The van der Waals surface area contributed by atoms with E-state index in [4.69, 9.17) is 4.74 Å². The molecule has 0 spiro atoms. The average Bonchev–Trinajstić information content (AvgIpc) is 2.41. The van der Waals surface area contributed by atoms with E-state index in [0.29, 0.717) is 14.7 Å². The number of methoxy groups -OCH3 is 1. The van der Waals surface area contributed by atoms with E-state index >= 15 is 0 Å². The zero-order valence-corrected chi connectivity index (χ0v) is 11.6. The van der Waals surface area contributed by atoms with Gasteiger partial charge >= 0.3 is 97.7 Å². The molecule has 0 bridgehead atoms. The fourth-order valence-electron chi connectivity index (χ4n) is 1.44. The summed E-state index contributed by atoms with van der Waals surface area (Å²) in [5.41, 5.74) is 1.34. The number of aromatic nitrogens is 1. The van der Waals surface area contributed by atoms with Crippen molar-refractivity contribution >= 4 is 40.3 Å². The first-order valence-corrected chi connectivity index (χ1v) is 6.68. The molecule has 0 saturated heterocycles. The Morgan fingerprint density at radius 2 is 2.14 bits per heavy atom. The van der Waals surface area contributed by atoms with Crippen molar-refractivity contribution in [3.63, 3.8) is 0 Å². The van der Waals surface area contributed by atoms with Crippen LogP contribution in [0, 0.1) is 6.92 Å². The molecule has 0 saturated carbocycles. The van der Waals surface area contributed by atoms with Gasteiger partial charge in [-0.15, -0.1) is 0 Å². The van der Waals surface area contributed by atoms with Gasteiger partial charge < -0.3 is 0 Å². The summed E-state index contributed by atoms with van der Waals surface area (Å²) in [6, 6.07) is 4.28. The topological polar surface area (TPSA) is 13.1 Å². The van der Waals surface area contributed by atoms with Crippen LogP contribution < -0.4 is 8.30 Å². The fourth-order valence-corrected chi connectivity index (χ4v) is 4.39. The number of hydrogen-bond donors (Lipinski definition) is 0. The number of rotatable bonds is 1. The molecule has 0 radical (unpaired) electrons. The zero-order chi connectivity index (χ0) is 10.3. The van der Waals surface area contributed by atoms with Gasteiger partial charge in [-0.05, 0) is 0 Å². The van der Waals surface area contributed by atoms with Crippen molar-refractivity contribution in [2.24, 2.45) is 7.05 Å². The minimum absolute atomic E-state index is 0.425. The Bertz CT molecular complexity index is 492. The van der Waals surface area contributed by atoms with Crippen molar-refractivity contribution in [3.8, 4) is 5.75 Å². The summed E-state index contributed by atoms with van der Waals surface area (Å²) >= 11 is 3.93. The van der Waals surface area contributed by atoms with Crippen LogP contribution in [0.4, 0.5) is 0 Å². The van der Waals surface area contributed by atoms with Crippen molar-refractivity contribution in [2.75, 3.05) is 7.11 Å². The van der Waals surface area contributed by atoms with Crippen LogP contribution >= 0.6 is 15.9 Å². The van der Waals surface area contributed by atoms with E-state index in [9.17, 15) is 0 Å². The number of hydrogen-bond acceptors (Lipinski definition) is 1. The SMILES string of the molecule is COc1cc2c(C)[n+](C)[se]c2cc1Br. The summed E-state index contributed by atoms with van der Waals surface area (Å²) in [6.45, 7) is 2.15. The Labute approximate surface area is 97.6 Å². The first-order chi connectivity index (χ1) is 6.63. The van der Waals surface area contributed by atoms with Gasteiger partial charge in [0.05, 0.1) is 0 Å². The van der Waals surface area contributed by atoms with Crippen LogP contribution in [0.15, 0.2) is 16.6 Å². The maximum absolute atomic E-state index is 5.28. The molecule has 0 aliphatic rings. The molecule has 0 amide bonds. The first-order valence-electron chi connectivity index (χ1n) is 4.26. The standard InChI is InChI=1S/C10H11BrNOSe/c1-6-7-4-9(13-3)8(11)5-10(7)14-12(6)2/h4-5H,1-3H3/q+1. The van der Waals surface area contributed by atoms with Crippen LogP contribution in [0.2, 0.25) is 0 Å². The molecule has 0 atom stereocenters. The van der Waals surface area contributed by atoms with Crippen LogP contribution in [0.5, 0.6) is 5.75 Å². The molecule has 14 heavy (non-hydrogen) atoms. The second-order valence-corrected chi connectivity index (χ2v) is 6.47. The van der Waals surface area contributed by atoms with Gasteiger partial charge in [0, 0.05) is 0 Å². The second-order valence-electron chi connectivity index (χ2n) is 3.16. The van der Waals surface area contributed by atoms with Gasteiger partial charge in [-0.2, -0.15) is 0 Å². The number of fused-ring (bicyclic) bond motifs is 1. The predicted molar refractivity (Wildman–Crippen MR) is 61.1 cm³/mol. The average molecular weight is 320 g/mol. The predicted octanol–water partition coefficient (Wildman–Crippen LogP) is 1.80. The van der Waals surface area contributed by atoms with Gasteiger partial charge in [0.15, 0.2) is 0 Å². The summed E-state index contributed by atoms with van der Waals surface area (Å²) in [6.07, 6.45) is 0. The van der Waals surface area contributed by atoms with E-state index < -0.39 is 0 Å². The number of ether oxygens (including phenoxy) is 1. The molecule has 0 unspecified atom stereocenters. The van der Waals surface area contributed by atoms with E-state index in [-0.39, 0.29) is 0 Å². The Kier molecular flexibility index (Phi) is 2.69. The van der Waals surface area contributed by atoms with E-state index in [0.717, 1.165) is 10.2 Å². The molecule has 1 heterocycles. The summed E-state index contributed by atoms with van der Waals surface area (Å²) < 4.78 is 10.1. The molecule has 0 fully saturated rings. The second kappa shape index (κ2) is 3.69. The molecule has 1 aromatic carbocycles. The molecule has 0 aliphatic carbocycles. The van der Waals surface area contributed by atoms with Gasteiger partial charge in [0.25, 0.3) is 0 Å². The normalized spacial score (nSPS) is 10.9. The third-order valence-corrected chi connectivity index (χ3v) is 5.24. The van der Waals surface area contributed by atoms with E-state index in [1.54, 1.807) is 7.11 Å². The molecule has 1 aromatic heterocycles. The fraction of sp³-hybridized carbons (Fsp3) is 0.300. The Balaban J connectivity index is 2.80. The molecule has 0 N–H and O–H groups in total. The molecular formula is C10H11BrNOSe+. The third kappa shape index (κ3) is 1.52. The van der Waals surface area contributed by atoms with Crippen LogP contribution in [0.25, 0.3) is 9.65 Å². The summed E-state index contributed by atoms with van der Waals surface area (Å²) in [7, 11) is 3.83. The molecule has 2 aromatic rings. The summed E-state index contributed by atoms with van der Waals surface area (Å²) in [5.74, 6) is 0.911. The zero-order valence-electron chi connectivity index (χ0n) is 8.30. The molecular weight excluding hydrogens is 309 g/mol. The number of aryl methyl sites for hydroxylation is 2. The molecule has 2 rings (SSSR count). The first kappa shape index (κ1) is 10.2. The van der Waals surface area contributed by atoms with Gasteiger partial charge in [0.1, 0.15) is 0 Å². The van der Waals surface area contributed by atoms with Crippen LogP contribution in [0.1, 0.15) is 5.69 Å². The van der Waals surface area contributed by atoms with E-state index in [1.807, 2.05) is 0 Å². The van der Waals surface area contributed by atoms with Gasteiger partial charge in [-0.25, -0.2) is 0 Å². The van der Waals surface area contributed by atoms with Crippen LogP contribution in [-0.4, -0.2) is 21.8 Å². The van der Waals surface area contributed by atoms with E-state index in [2.05, 4.69) is 45.6 Å². The van der Waals surface area contributed by atoms with Crippen molar-refractivity contribution in [3.05, 3.63) is 22.3 Å². The van der Waals surface area contributed by atoms with Crippen LogP contribution in [0.3, 0.4) is 0 Å². The van der Waals surface area contributed by atoms with Gasteiger partial charge in [0.2, 0.25) is 0 Å². The Morgan fingerprint density at radius 3 is 2.79 bits per heavy atom. The van der Waals surface area contributed by atoms with Crippen molar-refractivity contribution in [1.29, 1.82) is 0 Å². The van der Waals surface area contributed by atoms with Crippen molar-refractivity contribution in [1.82, 2.24) is 0 Å². The summed E-state index contributed by atoms with van der Waals surface area (Å²) in [5, 5.41) is 1.33. The minimum atomic E-state index is 0.425. The number of nitrogens with zero attached hydrogens (tertiary/aromatic N) is 1. The van der Waals surface area contributed by atoms with Crippen LogP contribution in [-0.2, 0) is 7.05 Å². The van der Waals surface area contributed by atoms with Gasteiger partial charge in [-0.3, -0.25) is 0 Å². The molecule has 74 valence electrons.